The first-order valence-electron chi connectivity index (χ1n) is 13.1. The van der Waals surface area contributed by atoms with Gasteiger partial charge in [0.15, 0.2) is 0 Å². The zero-order valence-corrected chi connectivity index (χ0v) is 26.2. The fourth-order valence-electron chi connectivity index (χ4n) is 4.01. The van der Waals surface area contributed by atoms with Crippen LogP contribution in [0.25, 0.3) is 0 Å². The van der Waals surface area contributed by atoms with Gasteiger partial charge in [0.2, 0.25) is 0 Å². The smallest absolute Gasteiger partial charge is 0.0358 e. The molecule has 0 unspecified atom stereocenters. The zero-order chi connectivity index (χ0) is 27.3. The minimum absolute atomic E-state index is 0.145. The van der Waals surface area contributed by atoms with Crippen molar-refractivity contribution in [1.29, 1.82) is 0 Å². The third-order valence-corrected chi connectivity index (χ3v) is 6.35. The molecule has 0 aliphatic heterocycles. The predicted octanol–water partition coefficient (Wildman–Crippen LogP) is 9.68. The maximum atomic E-state index is 2.44. The van der Waals surface area contributed by atoms with E-state index in [0.717, 1.165) is 0 Å². The fraction of sp³-hybridized carbons (Fsp3) is 0.750. The number of hydrogen-bond acceptors (Lipinski definition) is 0. The Morgan fingerprint density at radius 1 is 0.382 bits per heavy atom. The molecular formula is C32H58N2. The average molecular weight is 471 g/mol. The fourth-order valence-corrected chi connectivity index (χ4v) is 4.01. The molecule has 2 heteroatoms. The van der Waals surface area contributed by atoms with Crippen LogP contribution in [0.15, 0.2) is 24.5 Å². The van der Waals surface area contributed by atoms with Gasteiger partial charge in [-0.3, -0.25) is 0 Å². The van der Waals surface area contributed by atoms with Crippen LogP contribution in [0.4, 0.5) is 0 Å². The van der Waals surface area contributed by atoms with Gasteiger partial charge < -0.3 is 9.13 Å². The largest absolute Gasteiger partial charge is 0.345 e. The van der Waals surface area contributed by atoms with Crippen LogP contribution in [0.1, 0.15) is 147 Å². The van der Waals surface area contributed by atoms with Gasteiger partial charge in [-0.05, 0) is 75.6 Å². The van der Waals surface area contributed by atoms with Crippen LogP contribution < -0.4 is 0 Å². The van der Waals surface area contributed by atoms with Crippen LogP contribution in [0, 0.1) is 0 Å². The van der Waals surface area contributed by atoms with E-state index in [-0.39, 0.29) is 32.7 Å². The van der Waals surface area contributed by atoms with Crippen molar-refractivity contribution in [3.63, 3.8) is 0 Å². The van der Waals surface area contributed by atoms with Crippen LogP contribution >= 0.6 is 0 Å². The highest BCUT2D eigenvalue weighted by Gasteiger charge is 2.29. The Labute approximate surface area is 213 Å². The monoisotopic (exact) mass is 470 g/mol. The lowest BCUT2D eigenvalue weighted by molar-refractivity contribution is 0.360. The van der Waals surface area contributed by atoms with E-state index >= 15 is 0 Å². The standard InChI is InChI=1S/2C16H29N/c2*1-14(2,3)12-10-13(15(4,5)6)17(11-12)16(7,8)9/h2*10-11H,1-9H3. The molecular weight excluding hydrogens is 412 g/mol. The molecule has 0 radical (unpaired) electrons. The average Bonchev–Trinajstić information content (AvgIpc) is 3.18. The molecule has 0 spiro atoms. The van der Waals surface area contributed by atoms with Crippen molar-refractivity contribution in [2.75, 3.05) is 0 Å². The Kier molecular flexibility index (Phi) is 8.29. The van der Waals surface area contributed by atoms with Gasteiger partial charge in [0, 0.05) is 45.7 Å². The summed E-state index contributed by atoms with van der Waals surface area (Å²) in [6.45, 7) is 41.0. The van der Waals surface area contributed by atoms with E-state index < -0.39 is 0 Å². The molecule has 0 saturated carbocycles. The van der Waals surface area contributed by atoms with E-state index in [2.05, 4.69) is 158 Å². The molecule has 0 amide bonds. The minimum atomic E-state index is 0.145. The van der Waals surface area contributed by atoms with E-state index in [4.69, 9.17) is 0 Å². The summed E-state index contributed by atoms with van der Waals surface area (Å²) in [6.07, 6.45) is 4.67. The SMILES string of the molecule is CC(C)(C)c1cc(C(C)(C)C)n(C(C)(C)C)c1.CC(C)(C)c1cc(C(C)(C)C)n(C(C)(C)C)c1. The first-order valence-corrected chi connectivity index (χ1v) is 13.1. The van der Waals surface area contributed by atoms with E-state index in [9.17, 15) is 0 Å². The summed E-state index contributed by atoms with van der Waals surface area (Å²) < 4.78 is 4.88. The van der Waals surface area contributed by atoms with Crippen molar-refractivity contribution >= 4 is 0 Å². The Balaban J connectivity index is 0.000000340. The van der Waals surface area contributed by atoms with Crippen molar-refractivity contribution < 1.29 is 0 Å². The summed E-state index contributed by atoms with van der Waals surface area (Å²) in [6, 6.07) is 4.76. The van der Waals surface area contributed by atoms with Gasteiger partial charge in [0.25, 0.3) is 0 Å². The molecule has 2 aromatic heterocycles. The lowest BCUT2D eigenvalue weighted by Gasteiger charge is -2.30. The maximum Gasteiger partial charge on any atom is 0.0358 e. The summed E-state index contributed by atoms with van der Waals surface area (Å²) in [5.41, 5.74) is 6.82. The Bertz CT molecular complexity index is 795. The second-order valence-electron chi connectivity index (χ2n) is 16.3. The van der Waals surface area contributed by atoms with Crippen molar-refractivity contribution in [3.8, 4) is 0 Å². The molecule has 2 nitrogen and oxygen atoms in total. The van der Waals surface area contributed by atoms with Crippen molar-refractivity contribution in [1.82, 2.24) is 9.13 Å². The van der Waals surface area contributed by atoms with E-state index in [0.29, 0.717) is 0 Å². The summed E-state index contributed by atoms with van der Waals surface area (Å²) in [7, 11) is 0. The topological polar surface area (TPSA) is 9.86 Å². The Hall–Kier alpha value is -1.44. The summed E-state index contributed by atoms with van der Waals surface area (Å²) in [5.74, 6) is 0. The molecule has 0 aliphatic rings. The van der Waals surface area contributed by atoms with Crippen LogP contribution in [-0.4, -0.2) is 9.13 Å². The second-order valence-corrected chi connectivity index (χ2v) is 16.3. The van der Waals surface area contributed by atoms with Gasteiger partial charge in [0.05, 0.1) is 0 Å². The molecule has 0 saturated heterocycles. The summed E-state index contributed by atoms with van der Waals surface area (Å²) in [4.78, 5) is 0. The maximum absolute atomic E-state index is 2.44. The molecule has 0 fully saturated rings. The van der Waals surface area contributed by atoms with Crippen LogP contribution in [0.5, 0.6) is 0 Å². The molecule has 0 aromatic carbocycles. The van der Waals surface area contributed by atoms with Gasteiger partial charge in [-0.15, -0.1) is 0 Å². The van der Waals surface area contributed by atoms with Crippen LogP contribution in [0.3, 0.4) is 0 Å². The van der Waals surface area contributed by atoms with Gasteiger partial charge in [-0.2, -0.15) is 0 Å². The molecule has 2 heterocycles. The van der Waals surface area contributed by atoms with E-state index in [1.54, 1.807) is 0 Å². The predicted molar refractivity (Wildman–Crippen MR) is 154 cm³/mol. The van der Waals surface area contributed by atoms with Crippen LogP contribution in [-0.2, 0) is 32.7 Å². The van der Waals surface area contributed by atoms with Gasteiger partial charge in [0.1, 0.15) is 0 Å². The number of hydrogen-bond donors (Lipinski definition) is 0. The van der Waals surface area contributed by atoms with Crippen molar-refractivity contribution in [3.05, 3.63) is 47.0 Å². The molecule has 0 bridgehead atoms. The molecule has 0 N–H and O–H groups in total. The molecule has 34 heavy (non-hydrogen) atoms. The third-order valence-electron chi connectivity index (χ3n) is 6.35. The Morgan fingerprint density at radius 2 is 0.618 bits per heavy atom. The van der Waals surface area contributed by atoms with Gasteiger partial charge >= 0.3 is 0 Å². The highest BCUT2D eigenvalue weighted by molar-refractivity contribution is 5.31. The first-order chi connectivity index (χ1) is 14.7. The van der Waals surface area contributed by atoms with Crippen LogP contribution in [0.2, 0.25) is 0 Å². The molecule has 196 valence electrons. The number of aromatic nitrogens is 2. The quantitative estimate of drug-likeness (QED) is 0.362. The lowest BCUT2D eigenvalue weighted by Crippen LogP contribution is -2.28. The molecule has 0 atom stereocenters. The highest BCUT2D eigenvalue weighted by Crippen LogP contribution is 2.35. The molecule has 2 rings (SSSR count). The third kappa shape index (κ3) is 7.79. The second kappa shape index (κ2) is 9.21. The van der Waals surface area contributed by atoms with E-state index in [1.807, 2.05) is 0 Å². The normalized spacial score (nSPS) is 14.2. The molecule has 2 aromatic rings. The van der Waals surface area contributed by atoms with E-state index in [1.165, 1.54) is 22.5 Å². The summed E-state index contributed by atoms with van der Waals surface area (Å²) >= 11 is 0. The minimum Gasteiger partial charge on any atom is -0.345 e. The number of nitrogens with zero attached hydrogens (tertiary/aromatic N) is 2. The zero-order valence-electron chi connectivity index (χ0n) is 26.2. The first kappa shape index (κ1) is 30.6. The van der Waals surface area contributed by atoms with Crippen molar-refractivity contribution in [2.45, 2.75) is 157 Å². The van der Waals surface area contributed by atoms with Crippen molar-refractivity contribution in [2.24, 2.45) is 0 Å². The highest BCUT2D eigenvalue weighted by atomic mass is 15.1. The lowest BCUT2D eigenvalue weighted by atomic mass is 9.86. The molecule has 0 aliphatic carbocycles. The van der Waals surface area contributed by atoms with Gasteiger partial charge in [-0.25, -0.2) is 0 Å². The van der Waals surface area contributed by atoms with Gasteiger partial charge in [-0.1, -0.05) is 83.1 Å². The number of rotatable bonds is 0. The Morgan fingerprint density at radius 3 is 0.735 bits per heavy atom. The summed E-state index contributed by atoms with van der Waals surface area (Å²) in [5, 5.41) is 0.